The maximum absolute atomic E-state index is 12.7. The average Bonchev–Trinajstić information content (AvgIpc) is 3.29. The Hall–Kier alpha value is -2.63. The van der Waals surface area contributed by atoms with Gasteiger partial charge in [0.25, 0.3) is 0 Å². The Labute approximate surface area is 397 Å². The molecule has 372 valence electrons. The monoisotopic (exact) mass is 897 g/mol. The molecule has 0 saturated heterocycles. The third kappa shape index (κ3) is 50.4. The molecule has 0 saturated carbocycles. The molecule has 0 fully saturated rings. The highest BCUT2D eigenvalue weighted by Crippen LogP contribution is 2.16. The Kier molecular flexibility index (Phi) is 50.8. The van der Waals surface area contributed by atoms with Gasteiger partial charge in [-0.1, -0.05) is 223 Å². The van der Waals surface area contributed by atoms with E-state index in [4.69, 9.17) is 14.2 Å². The van der Waals surface area contributed by atoms with Gasteiger partial charge in [-0.2, -0.15) is 0 Å². The first-order valence-electron chi connectivity index (χ1n) is 27.6. The SMILES string of the molecule is CCC/C=C\CCCCCCCC(=O)OCC(COC(=O)CCCCCCCCCCCCCCC/C=C\C/C=C\CCCCCCC)OC(=O)CCCCCCC/C=C\CCCC. The molecule has 0 aromatic heterocycles. The van der Waals surface area contributed by atoms with E-state index >= 15 is 0 Å². The smallest absolute Gasteiger partial charge is 0.306 e. The van der Waals surface area contributed by atoms with E-state index in [1.54, 1.807) is 0 Å². The molecule has 6 heteroatoms. The van der Waals surface area contributed by atoms with Crippen LogP contribution < -0.4 is 0 Å². The average molecular weight is 897 g/mol. The summed E-state index contributed by atoms with van der Waals surface area (Å²) in [6.07, 6.45) is 64.0. The van der Waals surface area contributed by atoms with Crippen LogP contribution in [0.5, 0.6) is 0 Å². The van der Waals surface area contributed by atoms with Crippen LogP contribution in [0.15, 0.2) is 48.6 Å². The fraction of sp³-hybridized carbons (Fsp3) is 0.810. The molecule has 0 aliphatic heterocycles. The van der Waals surface area contributed by atoms with Crippen molar-refractivity contribution in [2.75, 3.05) is 13.2 Å². The molecule has 0 spiro atoms. The number of allylic oxidation sites excluding steroid dienone is 8. The fourth-order valence-electron chi connectivity index (χ4n) is 7.81. The molecule has 0 radical (unpaired) electrons. The van der Waals surface area contributed by atoms with Crippen molar-refractivity contribution < 1.29 is 28.6 Å². The van der Waals surface area contributed by atoms with E-state index in [0.29, 0.717) is 19.3 Å². The van der Waals surface area contributed by atoms with Crippen molar-refractivity contribution in [3.63, 3.8) is 0 Å². The summed E-state index contributed by atoms with van der Waals surface area (Å²) in [5.74, 6) is -0.893. The van der Waals surface area contributed by atoms with Gasteiger partial charge in [-0.15, -0.1) is 0 Å². The second-order valence-electron chi connectivity index (χ2n) is 18.5. The van der Waals surface area contributed by atoms with Crippen molar-refractivity contribution in [1.29, 1.82) is 0 Å². The lowest BCUT2D eigenvalue weighted by molar-refractivity contribution is -0.167. The van der Waals surface area contributed by atoms with Gasteiger partial charge in [-0.25, -0.2) is 0 Å². The first-order chi connectivity index (χ1) is 31.5. The summed E-state index contributed by atoms with van der Waals surface area (Å²) >= 11 is 0. The largest absolute Gasteiger partial charge is 0.462 e. The van der Waals surface area contributed by atoms with E-state index in [9.17, 15) is 14.4 Å². The summed E-state index contributed by atoms with van der Waals surface area (Å²) in [6.45, 7) is 6.53. The summed E-state index contributed by atoms with van der Waals surface area (Å²) < 4.78 is 16.8. The first-order valence-corrected chi connectivity index (χ1v) is 27.6. The quantitative estimate of drug-likeness (QED) is 0.0262. The van der Waals surface area contributed by atoms with Gasteiger partial charge in [0.15, 0.2) is 6.10 Å². The highest BCUT2D eigenvalue weighted by atomic mass is 16.6. The highest BCUT2D eigenvalue weighted by Gasteiger charge is 2.19. The predicted octanol–water partition coefficient (Wildman–Crippen LogP) is 18.3. The van der Waals surface area contributed by atoms with Crippen molar-refractivity contribution in [1.82, 2.24) is 0 Å². The Bertz CT molecular complexity index is 1120. The first kappa shape index (κ1) is 61.4. The molecule has 0 heterocycles. The highest BCUT2D eigenvalue weighted by molar-refractivity contribution is 5.71. The molecule has 1 unspecified atom stereocenters. The molecule has 0 aromatic rings. The minimum Gasteiger partial charge on any atom is -0.462 e. The standard InChI is InChI=1S/C58H104O6/c1-4-7-10-13-16-19-22-23-24-25-26-27-28-29-30-31-32-33-34-35-37-39-42-45-48-51-57(60)63-54-55(53-62-56(59)50-47-44-41-38-21-18-15-12-9-6-3)64-58(61)52-49-46-43-40-36-20-17-14-11-8-5-2/h12,14-15,17,22-23,25-26,55H,4-11,13,16,18-21,24,27-54H2,1-3H3/b15-12-,17-14-,23-22-,26-25-. The van der Waals surface area contributed by atoms with Crippen LogP contribution in [0.3, 0.4) is 0 Å². The molecule has 0 bridgehead atoms. The van der Waals surface area contributed by atoms with Gasteiger partial charge in [-0.05, 0) is 89.9 Å². The minimum absolute atomic E-state index is 0.0783. The summed E-state index contributed by atoms with van der Waals surface area (Å²) in [4.78, 5) is 37.9. The predicted molar refractivity (Wildman–Crippen MR) is 275 cm³/mol. The van der Waals surface area contributed by atoms with E-state index in [-0.39, 0.29) is 31.1 Å². The molecule has 0 rings (SSSR count). The van der Waals surface area contributed by atoms with Crippen LogP contribution in [-0.4, -0.2) is 37.2 Å². The molecular weight excluding hydrogens is 793 g/mol. The zero-order chi connectivity index (χ0) is 46.5. The maximum atomic E-state index is 12.7. The zero-order valence-corrected chi connectivity index (χ0v) is 42.6. The number of carbonyl (C=O) groups excluding carboxylic acids is 3. The summed E-state index contributed by atoms with van der Waals surface area (Å²) in [5.41, 5.74) is 0. The number of esters is 3. The van der Waals surface area contributed by atoms with Gasteiger partial charge in [-0.3, -0.25) is 14.4 Å². The summed E-state index contributed by atoms with van der Waals surface area (Å²) in [7, 11) is 0. The second kappa shape index (κ2) is 53.0. The zero-order valence-electron chi connectivity index (χ0n) is 42.6. The number of hydrogen-bond acceptors (Lipinski definition) is 6. The lowest BCUT2D eigenvalue weighted by atomic mass is 10.0. The molecule has 0 aromatic carbocycles. The van der Waals surface area contributed by atoms with Crippen molar-refractivity contribution >= 4 is 17.9 Å². The van der Waals surface area contributed by atoms with Gasteiger partial charge in [0.2, 0.25) is 0 Å². The van der Waals surface area contributed by atoms with E-state index in [2.05, 4.69) is 69.4 Å². The molecule has 0 N–H and O–H groups in total. The molecule has 6 nitrogen and oxygen atoms in total. The number of hydrogen-bond donors (Lipinski definition) is 0. The van der Waals surface area contributed by atoms with Crippen LogP contribution in [0, 0.1) is 0 Å². The lowest BCUT2D eigenvalue weighted by Crippen LogP contribution is -2.30. The fourth-order valence-corrected chi connectivity index (χ4v) is 7.81. The third-order valence-electron chi connectivity index (χ3n) is 12.0. The molecule has 0 amide bonds. The number of unbranched alkanes of at least 4 members (excludes halogenated alkanes) is 31. The number of ether oxygens (including phenoxy) is 3. The van der Waals surface area contributed by atoms with Crippen molar-refractivity contribution in [3.8, 4) is 0 Å². The molecule has 0 aliphatic rings. The topological polar surface area (TPSA) is 78.9 Å². The Morgan fingerprint density at radius 3 is 0.984 bits per heavy atom. The second-order valence-corrected chi connectivity index (χ2v) is 18.5. The van der Waals surface area contributed by atoms with Gasteiger partial charge < -0.3 is 14.2 Å². The Balaban J connectivity index is 4.16. The molecule has 64 heavy (non-hydrogen) atoms. The number of rotatable bonds is 50. The van der Waals surface area contributed by atoms with Crippen LogP contribution in [-0.2, 0) is 28.6 Å². The van der Waals surface area contributed by atoms with E-state index < -0.39 is 6.10 Å². The maximum Gasteiger partial charge on any atom is 0.306 e. The van der Waals surface area contributed by atoms with Crippen molar-refractivity contribution in [2.45, 2.75) is 290 Å². The van der Waals surface area contributed by atoms with Crippen LogP contribution >= 0.6 is 0 Å². The normalized spacial score (nSPS) is 12.4. The van der Waals surface area contributed by atoms with Crippen LogP contribution in [0.25, 0.3) is 0 Å². The Morgan fingerprint density at radius 1 is 0.312 bits per heavy atom. The minimum atomic E-state index is -0.778. The Morgan fingerprint density at radius 2 is 0.609 bits per heavy atom. The van der Waals surface area contributed by atoms with E-state index in [0.717, 1.165) is 89.9 Å². The molecular formula is C58H104O6. The lowest BCUT2D eigenvalue weighted by Gasteiger charge is -2.18. The third-order valence-corrected chi connectivity index (χ3v) is 12.0. The van der Waals surface area contributed by atoms with Crippen LogP contribution in [0.2, 0.25) is 0 Å². The van der Waals surface area contributed by atoms with Gasteiger partial charge in [0.05, 0.1) is 0 Å². The molecule has 0 aliphatic carbocycles. The van der Waals surface area contributed by atoms with Crippen LogP contribution in [0.1, 0.15) is 284 Å². The van der Waals surface area contributed by atoms with Gasteiger partial charge in [0, 0.05) is 19.3 Å². The van der Waals surface area contributed by atoms with Crippen molar-refractivity contribution in [3.05, 3.63) is 48.6 Å². The van der Waals surface area contributed by atoms with Crippen LogP contribution in [0.4, 0.5) is 0 Å². The summed E-state index contributed by atoms with van der Waals surface area (Å²) in [5, 5.41) is 0. The number of carbonyl (C=O) groups is 3. The van der Waals surface area contributed by atoms with Gasteiger partial charge >= 0.3 is 17.9 Å². The summed E-state index contributed by atoms with van der Waals surface area (Å²) in [6, 6.07) is 0. The van der Waals surface area contributed by atoms with E-state index in [1.165, 1.54) is 154 Å². The van der Waals surface area contributed by atoms with Crippen molar-refractivity contribution in [2.24, 2.45) is 0 Å². The van der Waals surface area contributed by atoms with E-state index in [1.807, 2.05) is 0 Å². The molecule has 1 atom stereocenters. The van der Waals surface area contributed by atoms with Gasteiger partial charge in [0.1, 0.15) is 13.2 Å².